The third kappa shape index (κ3) is 4.60. The van der Waals surface area contributed by atoms with Crippen molar-refractivity contribution in [2.24, 2.45) is 5.10 Å². The number of amides is 1. The summed E-state index contributed by atoms with van der Waals surface area (Å²) >= 11 is 0. The van der Waals surface area contributed by atoms with Crippen LogP contribution in [0, 0.1) is 0 Å². The van der Waals surface area contributed by atoms with Crippen LogP contribution in [-0.4, -0.2) is 41.2 Å². The van der Waals surface area contributed by atoms with Gasteiger partial charge in [-0.3, -0.25) is 9.69 Å². The number of rotatable bonds is 6. The molecule has 0 unspecified atom stereocenters. The van der Waals surface area contributed by atoms with Gasteiger partial charge < -0.3 is 4.74 Å². The lowest BCUT2D eigenvalue weighted by Crippen LogP contribution is -2.29. The maximum Gasteiger partial charge on any atom is 0.337 e. The van der Waals surface area contributed by atoms with Crippen molar-refractivity contribution >= 4 is 17.6 Å². The molecular formula is C26H25N3O3. The summed E-state index contributed by atoms with van der Waals surface area (Å²) < 4.78 is 4.81. The number of carbonyl (C=O) groups excluding carboxylic acids is 2. The molecule has 3 aromatic rings. The summed E-state index contributed by atoms with van der Waals surface area (Å²) in [6.07, 6.45) is -0.381. The summed E-state index contributed by atoms with van der Waals surface area (Å²) in [7, 11) is 1.36. The number of esters is 1. The number of ether oxygens (including phenoxy) is 1. The zero-order valence-electron chi connectivity index (χ0n) is 18.1. The van der Waals surface area contributed by atoms with Crippen LogP contribution in [0.15, 0.2) is 90.0 Å². The Morgan fingerprint density at radius 1 is 0.938 bits per heavy atom. The molecular weight excluding hydrogens is 402 g/mol. The summed E-state index contributed by atoms with van der Waals surface area (Å²) in [6, 6.07) is 27.0. The second-order valence-electron chi connectivity index (χ2n) is 7.67. The fourth-order valence-electron chi connectivity index (χ4n) is 3.85. The van der Waals surface area contributed by atoms with Gasteiger partial charge in [0, 0.05) is 6.54 Å². The van der Waals surface area contributed by atoms with E-state index in [1.54, 1.807) is 17.1 Å². The first kappa shape index (κ1) is 21.5. The van der Waals surface area contributed by atoms with Gasteiger partial charge in [0.15, 0.2) is 0 Å². The van der Waals surface area contributed by atoms with Gasteiger partial charge in [-0.25, -0.2) is 9.80 Å². The molecule has 4 rings (SSSR count). The van der Waals surface area contributed by atoms with Crippen LogP contribution in [0.5, 0.6) is 0 Å². The van der Waals surface area contributed by atoms with Crippen molar-refractivity contribution in [3.8, 4) is 0 Å². The van der Waals surface area contributed by atoms with Gasteiger partial charge in [-0.2, -0.15) is 5.10 Å². The van der Waals surface area contributed by atoms with E-state index >= 15 is 0 Å². The number of hydrogen-bond acceptors (Lipinski definition) is 5. The van der Waals surface area contributed by atoms with Crippen molar-refractivity contribution in [3.63, 3.8) is 0 Å². The number of methoxy groups -OCH3 is 1. The molecule has 0 bridgehead atoms. The third-order valence-corrected chi connectivity index (χ3v) is 5.48. The van der Waals surface area contributed by atoms with E-state index < -0.39 is 5.97 Å². The van der Waals surface area contributed by atoms with Crippen LogP contribution in [0.3, 0.4) is 0 Å². The minimum absolute atomic E-state index is 0.0711. The van der Waals surface area contributed by atoms with Crippen LogP contribution in [0.25, 0.3) is 0 Å². The average Bonchev–Trinajstić information content (AvgIpc) is 3.14. The van der Waals surface area contributed by atoms with Crippen molar-refractivity contribution in [3.05, 3.63) is 107 Å². The highest BCUT2D eigenvalue weighted by molar-refractivity contribution is 5.99. The van der Waals surface area contributed by atoms with Gasteiger partial charge in [-0.1, -0.05) is 72.8 Å². The molecule has 1 saturated heterocycles. The molecule has 6 nitrogen and oxygen atoms in total. The first-order chi connectivity index (χ1) is 15.6. The minimum Gasteiger partial charge on any atom is -0.465 e. The van der Waals surface area contributed by atoms with Crippen LogP contribution in [-0.2, 0) is 16.1 Å². The molecule has 1 aliphatic heterocycles. The fourth-order valence-corrected chi connectivity index (χ4v) is 3.85. The highest BCUT2D eigenvalue weighted by Crippen LogP contribution is 2.33. The molecule has 1 heterocycles. The SMILES string of the molecule is COC(=O)c1ccc([C@@H]2N(Cc3ccccc3)CC(=O)N2/N=C(/C)c2ccccc2)cc1. The maximum absolute atomic E-state index is 13.0. The minimum atomic E-state index is -0.394. The lowest BCUT2D eigenvalue weighted by molar-refractivity contribution is -0.128. The van der Waals surface area contributed by atoms with Gasteiger partial charge in [0.25, 0.3) is 5.91 Å². The Labute approximate surface area is 187 Å². The molecule has 0 aromatic heterocycles. The predicted octanol–water partition coefficient (Wildman–Crippen LogP) is 4.24. The molecule has 0 spiro atoms. The van der Waals surface area contributed by atoms with Crippen LogP contribution in [0.4, 0.5) is 0 Å². The van der Waals surface area contributed by atoms with E-state index in [-0.39, 0.29) is 18.6 Å². The third-order valence-electron chi connectivity index (χ3n) is 5.48. The Hall–Kier alpha value is -3.77. The summed E-state index contributed by atoms with van der Waals surface area (Å²) in [5.74, 6) is -0.465. The van der Waals surface area contributed by atoms with Crippen molar-refractivity contribution in [2.75, 3.05) is 13.7 Å². The lowest BCUT2D eigenvalue weighted by atomic mass is 10.1. The van der Waals surface area contributed by atoms with Crippen molar-refractivity contribution in [1.82, 2.24) is 9.91 Å². The van der Waals surface area contributed by atoms with Gasteiger partial charge >= 0.3 is 5.97 Å². The fraction of sp³-hybridized carbons (Fsp3) is 0.192. The van der Waals surface area contributed by atoms with Gasteiger partial charge in [0.05, 0.1) is 24.9 Å². The molecule has 3 aromatic carbocycles. The number of hydrazone groups is 1. The molecule has 162 valence electrons. The van der Waals surface area contributed by atoms with E-state index in [1.165, 1.54) is 7.11 Å². The molecule has 1 atom stereocenters. The molecule has 1 fully saturated rings. The predicted molar refractivity (Wildman–Crippen MR) is 123 cm³/mol. The quantitative estimate of drug-likeness (QED) is 0.436. The number of benzene rings is 3. The smallest absolute Gasteiger partial charge is 0.337 e. The number of nitrogens with zero attached hydrogens (tertiary/aromatic N) is 3. The lowest BCUT2D eigenvalue weighted by Gasteiger charge is -2.28. The monoisotopic (exact) mass is 427 g/mol. The van der Waals surface area contributed by atoms with Gasteiger partial charge in [-0.15, -0.1) is 0 Å². The van der Waals surface area contributed by atoms with Gasteiger partial charge in [0.2, 0.25) is 0 Å². The second-order valence-corrected chi connectivity index (χ2v) is 7.67. The first-order valence-corrected chi connectivity index (χ1v) is 10.5. The molecule has 0 N–H and O–H groups in total. The van der Waals surface area contributed by atoms with Crippen LogP contribution in [0.1, 0.15) is 40.1 Å². The van der Waals surface area contributed by atoms with Crippen LogP contribution >= 0.6 is 0 Å². The maximum atomic E-state index is 13.0. The Morgan fingerprint density at radius 3 is 2.19 bits per heavy atom. The summed E-state index contributed by atoms with van der Waals surface area (Å²) in [5.41, 5.74) is 4.18. The molecule has 1 amide bonds. The highest BCUT2D eigenvalue weighted by atomic mass is 16.5. The topological polar surface area (TPSA) is 62.2 Å². The van der Waals surface area contributed by atoms with E-state index in [0.717, 1.165) is 22.4 Å². The van der Waals surface area contributed by atoms with E-state index in [0.29, 0.717) is 12.1 Å². The zero-order valence-corrected chi connectivity index (χ0v) is 18.1. The Morgan fingerprint density at radius 2 is 1.56 bits per heavy atom. The number of hydrogen-bond donors (Lipinski definition) is 0. The number of carbonyl (C=O) groups is 2. The first-order valence-electron chi connectivity index (χ1n) is 10.5. The van der Waals surface area contributed by atoms with Crippen molar-refractivity contribution in [2.45, 2.75) is 19.6 Å². The Kier molecular flexibility index (Phi) is 6.42. The van der Waals surface area contributed by atoms with Crippen LogP contribution in [0.2, 0.25) is 0 Å². The molecule has 0 radical (unpaired) electrons. The summed E-state index contributed by atoms with van der Waals surface area (Å²) in [5, 5.41) is 6.27. The molecule has 32 heavy (non-hydrogen) atoms. The summed E-state index contributed by atoms with van der Waals surface area (Å²) in [6.45, 7) is 2.76. The second kappa shape index (κ2) is 9.58. The standard InChI is InChI=1S/C26H25N3O3/c1-19(21-11-7-4-8-12-21)27-29-24(30)18-28(17-20-9-5-3-6-10-20)25(29)22-13-15-23(16-14-22)26(31)32-2/h3-16,25H,17-18H2,1-2H3/b27-19-/t25-/m1/s1. The molecule has 0 saturated carbocycles. The zero-order chi connectivity index (χ0) is 22.5. The van der Waals surface area contributed by atoms with E-state index in [4.69, 9.17) is 9.84 Å². The van der Waals surface area contributed by atoms with Crippen LogP contribution < -0.4 is 0 Å². The van der Waals surface area contributed by atoms with Gasteiger partial charge in [-0.05, 0) is 35.7 Å². The molecule has 0 aliphatic carbocycles. The van der Waals surface area contributed by atoms with Crippen molar-refractivity contribution < 1.29 is 14.3 Å². The van der Waals surface area contributed by atoms with E-state index in [9.17, 15) is 9.59 Å². The Balaban J connectivity index is 1.70. The van der Waals surface area contributed by atoms with Gasteiger partial charge in [0.1, 0.15) is 6.17 Å². The molecule has 1 aliphatic rings. The van der Waals surface area contributed by atoms with Crippen molar-refractivity contribution in [1.29, 1.82) is 0 Å². The summed E-state index contributed by atoms with van der Waals surface area (Å²) in [4.78, 5) is 27.0. The van der Waals surface area contributed by atoms with E-state index in [2.05, 4.69) is 4.90 Å². The highest BCUT2D eigenvalue weighted by Gasteiger charge is 2.39. The Bertz CT molecular complexity index is 1110. The van der Waals surface area contributed by atoms with E-state index in [1.807, 2.05) is 79.7 Å². The normalized spacial score (nSPS) is 16.9. The molecule has 6 heteroatoms. The average molecular weight is 428 g/mol. The largest absolute Gasteiger partial charge is 0.465 e.